The molecule has 1 heterocycles. The number of fused-ring (bicyclic) bond motifs is 1. The van der Waals surface area contributed by atoms with Crippen molar-refractivity contribution in [2.75, 3.05) is 6.54 Å². The van der Waals surface area contributed by atoms with E-state index in [-0.39, 0.29) is 17.4 Å². The Morgan fingerprint density at radius 2 is 2.00 bits per heavy atom. The normalized spacial score (nSPS) is 15.7. The van der Waals surface area contributed by atoms with E-state index in [0.29, 0.717) is 6.54 Å². The quantitative estimate of drug-likeness (QED) is 0.911. The minimum atomic E-state index is -0.0370. The molecule has 2 N–H and O–H groups in total. The highest BCUT2D eigenvalue weighted by Crippen LogP contribution is 2.23. The van der Waals surface area contributed by atoms with Gasteiger partial charge in [0.2, 0.25) is 5.91 Å². The van der Waals surface area contributed by atoms with Gasteiger partial charge < -0.3 is 10.3 Å². The van der Waals surface area contributed by atoms with Crippen LogP contribution in [0.2, 0.25) is 0 Å². The Morgan fingerprint density at radius 1 is 1.22 bits per heavy atom. The summed E-state index contributed by atoms with van der Waals surface area (Å²) in [7, 11) is 0. The second-order valence-electron chi connectivity index (χ2n) is 6.58. The number of nitrogens with one attached hydrogen (secondary N) is 2. The van der Waals surface area contributed by atoms with Gasteiger partial charge in [-0.1, -0.05) is 25.3 Å². The van der Waals surface area contributed by atoms with Gasteiger partial charge in [0, 0.05) is 23.5 Å². The zero-order valence-corrected chi connectivity index (χ0v) is 13.7. The van der Waals surface area contributed by atoms with Crippen LogP contribution in [0.3, 0.4) is 0 Å². The van der Waals surface area contributed by atoms with E-state index >= 15 is 0 Å². The number of pyridine rings is 1. The third-order valence-electron chi connectivity index (χ3n) is 4.78. The predicted molar refractivity (Wildman–Crippen MR) is 92.6 cm³/mol. The van der Waals surface area contributed by atoms with E-state index in [1.807, 2.05) is 25.1 Å². The fourth-order valence-corrected chi connectivity index (χ4v) is 3.36. The summed E-state index contributed by atoms with van der Waals surface area (Å²) >= 11 is 0. The molecule has 1 amide bonds. The number of aromatic nitrogens is 1. The maximum absolute atomic E-state index is 12.1. The molecule has 0 bridgehead atoms. The summed E-state index contributed by atoms with van der Waals surface area (Å²) in [6.45, 7) is 2.48. The van der Waals surface area contributed by atoms with Gasteiger partial charge in [-0.15, -0.1) is 0 Å². The molecule has 3 rings (SSSR count). The number of aromatic amines is 1. The van der Waals surface area contributed by atoms with E-state index in [1.54, 1.807) is 0 Å². The minimum absolute atomic E-state index is 0.0370. The highest BCUT2D eigenvalue weighted by Gasteiger charge is 2.20. The molecule has 0 aliphatic heterocycles. The van der Waals surface area contributed by atoms with Crippen molar-refractivity contribution in [1.82, 2.24) is 10.3 Å². The number of benzene rings is 1. The smallest absolute Gasteiger partial charge is 0.251 e. The molecule has 2 aromatic rings. The molecule has 0 atom stereocenters. The van der Waals surface area contributed by atoms with Crippen LogP contribution in [0.15, 0.2) is 29.1 Å². The van der Waals surface area contributed by atoms with Crippen molar-refractivity contribution >= 4 is 16.8 Å². The fourth-order valence-electron chi connectivity index (χ4n) is 3.36. The van der Waals surface area contributed by atoms with Crippen molar-refractivity contribution in [1.29, 1.82) is 0 Å². The molecular weight excluding hydrogens is 288 g/mol. The zero-order chi connectivity index (χ0) is 16.2. The van der Waals surface area contributed by atoms with Crippen LogP contribution in [0.4, 0.5) is 0 Å². The number of H-pyrrole nitrogens is 1. The monoisotopic (exact) mass is 312 g/mol. The molecule has 4 nitrogen and oxygen atoms in total. The number of rotatable bonds is 4. The van der Waals surface area contributed by atoms with Crippen molar-refractivity contribution in [3.63, 3.8) is 0 Å². The van der Waals surface area contributed by atoms with Crippen molar-refractivity contribution in [3.8, 4) is 0 Å². The van der Waals surface area contributed by atoms with Crippen molar-refractivity contribution in [2.45, 2.75) is 45.4 Å². The summed E-state index contributed by atoms with van der Waals surface area (Å²) in [5.41, 5.74) is 2.72. The van der Waals surface area contributed by atoms with Crippen LogP contribution in [0.25, 0.3) is 10.9 Å². The number of carbonyl (C=O) groups is 1. The first-order valence-corrected chi connectivity index (χ1v) is 8.54. The van der Waals surface area contributed by atoms with E-state index in [4.69, 9.17) is 0 Å². The molecule has 0 spiro atoms. The SMILES string of the molecule is Cc1cc2cc(CCNC(=O)C3CCCCC3)ccc2[nH]c1=O. The van der Waals surface area contributed by atoms with Gasteiger partial charge in [0.15, 0.2) is 0 Å². The van der Waals surface area contributed by atoms with Gasteiger partial charge in [-0.3, -0.25) is 9.59 Å². The molecule has 1 aliphatic carbocycles. The summed E-state index contributed by atoms with van der Waals surface area (Å²) in [6.07, 6.45) is 6.51. The first-order chi connectivity index (χ1) is 11.1. The fraction of sp³-hybridized carbons (Fsp3) is 0.474. The highest BCUT2D eigenvalue weighted by atomic mass is 16.1. The summed E-state index contributed by atoms with van der Waals surface area (Å²) in [6, 6.07) is 7.96. The lowest BCUT2D eigenvalue weighted by molar-refractivity contribution is -0.125. The van der Waals surface area contributed by atoms with Crippen molar-refractivity contribution in [3.05, 3.63) is 45.7 Å². The van der Waals surface area contributed by atoms with Crippen LogP contribution >= 0.6 is 0 Å². The summed E-state index contributed by atoms with van der Waals surface area (Å²) in [5.74, 6) is 0.429. The average Bonchev–Trinajstić information content (AvgIpc) is 2.57. The first-order valence-electron chi connectivity index (χ1n) is 8.54. The number of carbonyl (C=O) groups excluding carboxylic acids is 1. The van der Waals surface area contributed by atoms with Gasteiger partial charge in [-0.25, -0.2) is 0 Å². The maximum Gasteiger partial charge on any atom is 0.251 e. The van der Waals surface area contributed by atoms with Crippen LogP contribution in [0, 0.1) is 12.8 Å². The lowest BCUT2D eigenvalue weighted by atomic mass is 9.88. The van der Waals surface area contributed by atoms with E-state index < -0.39 is 0 Å². The summed E-state index contributed by atoms with van der Waals surface area (Å²) < 4.78 is 0. The Morgan fingerprint density at radius 3 is 2.78 bits per heavy atom. The Labute approximate surface area is 136 Å². The van der Waals surface area contributed by atoms with Crippen LogP contribution < -0.4 is 10.9 Å². The third-order valence-corrected chi connectivity index (χ3v) is 4.78. The first kappa shape index (κ1) is 15.8. The second-order valence-corrected chi connectivity index (χ2v) is 6.58. The standard InChI is InChI=1S/C19H24N2O2/c1-13-11-16-12-14(7-8-17(16)21-18(13)22)9-10-20-19(23)15-5-3-2-4-6-15/h7-8,11-12,15H,2-6,9-10H2,1H3,(H,20,23)(H,21,22). The third kappa shape index (κ3) is 3.81. The molecule has 1 aromatic heterocycles. The van der Waals surface area contributed by atoms with Gasteiger partial charge in [0.1, 0.15) is 0 Å². The van der Waals surface area contributed by atoms with Gasteiger partial charge >= 0.3 is 0 Å². The Balaban J connectivity index is 1.59. The predicted octanol–water partition coefficient (Wildman–Crippen LogP) is 3.08. The molecule has 0 saturated heterocycles. The molecule has 23 heavy (non-hydrogen) atoms. The van der Waals surface area contributed by atoms with E-state index in [9.17, 15) is 9.59 Å². The second kappa shape index (κ2) is 6.99. The average molecular weight is 312 g/mol. The molecule has 1 aliphatic rings. The highest BCUT2D eigenvalue weighted by molar-refractivity contribution is 5.80. The van der Waals surface area contributed by atoms with Crippen molar-refractivity contribution in [2.24, 2.45) is 5.92 Å². The Kier molecular flexibility index (Phi) is 4.79. The van der Waals surface area contributed by atoms with Crippen LogP contribution in [0.1, 0.15) is 43.2 Å². The number of amides is 1. The number of aryl methyl sites for hydroxylation is 1. The molecule has 122 valence electrons. The molecule has 1 aromatic carbocycles. The summed E-state index contributed by atoms with van der Waals surface area (Å²) in [5, 5.41) is 4.11. The van der Waals surface area contributed by atoms with Crippen LogP contribution in [-0.2, 0) is 11.2 Å². The van der Waals surface area contributed by atoms with Gasteiger partial charge in [-0.05, 0) is 55.3 Å². The zero-order valence-electron chi connectivity index (χ0n) is 13.7. The van der Waals surface area contributed by atoms with E-state index in [0.717, 1.165) is 35.7 Å². The van der Waals surface area contributed by atoms with Gasteiger partial charge in [0.25, 0.3) is 5.56 Å². The Bertz CT molecular complexity index is 758. The number of hydrogen-bond acceptors (Lipinski definition) is 2. The molecule has 4 heteroatoms. The van der Waals surface area contributed by atoms with Crippen LogP contribution in [-0.4, -0.2) is 17.4 Å². The van der Waals surface area contributed by atoms with E-state index in [1.165, 1.54) is 24.8 Å². The molecule has 1 fully saturated rings. The Hall–Kier alpha value is -2.10. The summed E-state index contributed by atoms with van der Waals surface area (Å²) in [4.78, 5) is 26.6. The largest absolute Gasteiger partial charge is 0.356 e. The van der Waals surface area contributed by atoms with Gasteiger partial charge in [0.05, 0.1) is 0 Å². The molecular formula is C19H24N2O2. The van der Waals surface area contributed by atoms with Crippen molar-refractivity contribution < 1.29 is 4.79 Å². The minimum Gasteiger partial charge on any atom is -0.356 e. The lowest BCUT2D eigenvalue weighted by Gasteiger charge is -2.20. The molecule has 0 unspecified atom stereocenters. The van der Waals surface area contributed by atoms with E-state index in [2.05, 4.69) is 16.4 Å². The molecule has 0 radical (unpaired) electrons. The van der Waals surface area contributed by atoms with Gasteiger partial charge in [-0.2, -0.15) is 0 Å². The number of hydrogen-bond donors (Lipinski definition) is 2. The lowest BCUT2D eigenvalue weighted by Crippen LogP contribution is -2.33. The van der Waals surface area contributed by atoms with Crippen LogP contribution in [0.5, 0.6) is 0 Å². The maximum atomic E-state index is 12.1. The topological polar surface area (TPSA) is 62.0 Å². The molecule has 1 saturated carbocycles.